The molecular weight excluding hydrogens is 1190 g/mol. The van der Waals surface area contributed by atoms with Crippen molar-refractivity contribution < 1.29 is 25.5 Å². The van der Waals surface area contributed by atoms with Gasteiger partial charge in [-0.15, -0.1) is 59.0 Å². The number of hydrogen-bond donors (Lipinski definition) is 6. The number of phenols is 5. The standard InChI is InChI=1S/C18H19ClN2O.C17H19ClN4O.C17H20ClNO2.C17H20ClNOS/c1-18(2,3)21-10-12(8-19)17-14(21)7-15(22)13-6-4-5-11(9-20)16(13)17;1-17(2,3)22-9-10(8-18)15-13(22)7-14(23)11-5-4-6-12(16(11)15)20-21-19;1-17(2,3)19-9-10(8-18)15-12(19)7-14(21)11-5-4-6-13(20)16(11)15;1-17(2,3)19-9-10(8-18)15-12(19)7-13(20)11-5-4-6-14(21)16(11)15/h4-7,12,22H,8,10H2,1-3H3;4-7,10,23H,8-9H2,1-3H3;2*4-7,10,20-21H,8-9H2,1-3H3/t12-;3*10-/m1111/s1. The second kappa shape index (κ2) is 24.7. The number of aromatic hydroxyl groups is 5. The van der Waals surface area contributed by atoms with Crippen LogP contribution < -0.4 is 19.6 Å². The molecule has 18 heteroatoms. The quantitative estimate of drug-likeness (QED) is 0.0318. The number of azide groups is 1. The van der Waals surface area contributed by atoms with Crippen molar-refractivity contribution in [2.45, 2.75) is 134 Å². The van der Waals surface area contributed by atoms with Gasteiger partial charge in [-0.25, -0.2) is 0 Å². The lowest BCUT2D eigenvalue weighted by molar-refractivity contribution is 0.474. The zero-order chi connectivity index (χ0) is 63.6. The average molecular weight is 1270 g/mol. The van der Waals surface area contributed by atoms with E-state index in [1.165, 1.54) is 5.56 Å². The molecule has 13 nitrogen and oxygen atoms in total. The number of anilines is 4. The molecule has 12 rings (SSSR count). The van der Waals surface area contributed by atoms with Crippen molar-refractivity contribution >= 4 is 131 Å². The molecule has 5 N–H and O–H groups in total. The second-order valence-corrected chi connectivity index (χ2v) is 28.7. The Morgan fingerprint density at radius 1 is 0.471 bits per heavy atom. The summed E-state index contributed by atoms with van der Waals surface area (Å²) in [6.07, 6.45) is 0. The molecule has 8 aromatic rings. The molecule has 8 aromatic carbocycles. The lowest BCUT2D eigenvalue weighted by Gasteiger charge is -2.35. The summed E-state index contributed by atoms with van der Waals surface area (Å²) in [7, 11) is 0. The van der Waals surface area contributed by atoms with Crippen molar-refractivity contribution in [1.82, 2.24) is 0 Å². The molecular formula is C69H78Cl4N8O5S. The minimum atomic E-state index is -0.0941. The monoisotopic (exact) mass is 1270 g/mol. The number of fused-ring (bicyclic) bond motifs is 12. The summed E-state index contributed by atoms with van der Waals surface area (Å²) in [6, 6.07) is 31.5. The highest BCUT2D eigenvalue weighted by Crippen LogP contribution is 2.54. The summed E-state index contributed by atoms with van der Waals surface area (Å²) in [6.45, 7) is 29.1. The molecule has 87 heavy (non-hydrogen) atoms. The summed E-state index contributed by atoms with van der Waals surface area (Å²) in [5.74, 6) is 3.86. The Morgan fingerprint density at radius 3 is 1.15 bits per heavy atom. The van der Waals surface area contributed by atoms with Crippen LogP contribution in [0.3, 0.4) is 0 Å². The van der Waals surface area contributed by atoms with Crippen LogP contribution in [0.2, 0.25) is 0 Å². The van der Waals surface area contributed by atoms with E-state index in [-0.39, 0.29) is 68.8 Å². The van der Waals surface area contributed by atoms with Gasteiger partial charge in [0.25, 0.3) is 0 Å². The number of alkyl halides is 4. The van der Waals surface area contributed by atoms with E-state index in [2.05, 4.69) is 131 Å². The summed E-state index contributed by atoms with van der Waals surface area (Å²) in [4.78, 5) is 12.9. The molecule has 0 radical (unpaired) electrons. The van der Waals surface area contributed by atoms with Gasteiger partial charge in [-0.2, -0.15) is 5.26 Å². The van der Waals surface area contributed by atoms with E-state index >= 15 is 0 Å². The van der Waals surface area contributed by atoms with Crippen molar-refractivity contribution in [2.75, 3.05) is 69.3 Å². The number of phenolic OH excluding ortho intramolecular Hbond substituents is 5. The van der Waals surface area contributed by atoms with Gasteiger partial charge >= 0.3 is 0 Å². The third kappa shape index (κ3) is 12.1. The van der Waals surface area contributed by atoms with E-state index in [4.69, 9.17) is 51.9 Å². The normalized spacial score (nSPS) is 17.8. The van der Waals surface area contributed by atoms with Crippen LogP contribution >= 0.6 is 59.0 Å². The topological polar surface area (TPSA) is 187 Å². The first-order valence-corrected chi connectivity index (χ1v) is 31.9. The minimum absolute atomic E-state index is 0.0127. The molecule has 0 spiro atoms. The smallest absolute Gasteiger partial charge is 0.125 e. The predicted molar refractivity (Wildman–Crippen MR) is 367 cm³/mol. The number of nitrogens with zero attached hydrogens (tertiary/aromatic N) is 8. The molecule has 4 heterocycles. The second-order valence-electron chi connectivity index (χ2n) is 27.0. The molecule has 0 saturated heterocycles. The van der Waals surface area contributed by atoms with Gasteiger partial charge < -0.3 is 45.1 Å². The number of nitriles is 1. The Hall–Kier alpha value is -6.69. The molecule has 0 fully saturated rings. The number of hydrogen-bond acceptors (Lipinski definition) is 12. The minimum Gasteiger partial charge on any atom is -0.507 e. The van der Waals surface area contributed by atoms with Gasteiger partial charge in [0.15, 0.2) is 0 Å². The van der Waals surface area contributed by atoms with Gasteiger partial charge in [-0.05, 0) is 129 Å². The zero-order valence-corrected chi connectivity index (χ0v) is 55.4. The highest BCUT2D eigenvalue weighted by molar-refractivity contribution is 7.80. The maximum atomic E-state index is 10.5. The van der Waals surface area contributed by atoms with Crippen molar-refractivity contribution in [1.29, 1.82) is 5.26 Å². The Balaban J connectivity index is 0.000000138. The van der Waals surface area contributed by atoms with Crippen LogP contribution in [0.15, 0.2) is 107 Å². The molecule has 0 bridgehead atoms. The van der Waals surface area contributed by atoms with Crippen LogP contribution in [-0.4, -0.2) is 97.4 Å². The van der Waals surface area contributed by atoms with E-state index in [1.807, 2.05) is 48.5 Å². The fourth-order valence-corrected chi connectivity index (χ4v) is 14.6. The summed E-state index contributed by atoms with van der Waals surface area (Å²) in [5.41, 5.74) is 18.2. The SMILES string of the molecule is CC(C)(C)N1C[C@@H](CCl)c2c1cc(O)c1cccc(C#N)c21.CC(C)(C)N1C[C@@H](CCl)c2c1cc(O)c1cccc(N=[N+]=[N-])c21.CC(C)(C)N1C[C@@H](CCl)c2c1cc(O)c1cccc(O)c21.CC(C)(C)N1C[C@@H](CCl)c2c1cc(O)c1cccc(S)c21. The lowest BCUT2D eigenvalue weighted by Crippen LogP contribution is -2.40. The Kier molecular flexibility index (Phi) is 18.4. The molecule has 0 aromatic heterocycles. The zero-order valence-electron chi connectivity index (χ0n) is 51.5. The first kappa shape index (κ1) is 64.8. The molecule has 0 aliphatic carbocycles. The third-order valence-electron chi connectivity index (χ3n) is 17.2. The molecule has 4 aliphatic heterocycles. The number of benzene rings is 8. The van der Waals surface area contributed by atoms with Crippen LogP contribution in [0.4, 0.5) is 28.4 Å². The molecule has 458 valence electrons. The van der Waals surface area contributed by atoms with Crippen LogP contribution in [0.25, 0.3) is 53.5 Å². The van der Waals surface area contributed by atoms with Crippen LogP contribution in [0.1, 0.15) is 135 Å². The largest absolute Gasteiger partial charge is 0.507 e. The van der Waals surface area contributed by atoms with Gasteiger partial charge in [-0.3, -0.25) is 0 Å². The fourth-order valence-electron chi connectivity index (χ4n) is 13.3. The van der Waals surface area contributed by atoms with E-state index in [1.54, 1.807) is 48.5 Å². The predicted octanol–water partition coefficient (Wildman–Crippen LogP) is 18.8. The molecule has 4 atom stereocenters. The van der Waals surface area contributed by atoms with Crippen LogP contribution in [-0.2, 0) is 0 Å². The Morgan fingerprint density at radius 2 is 0.782 bits per heavy atom. The highest BCUT2D eigenvalue weighted by Gasteiger charge is 2.41. The van der Waals surface area contributed by atoms with E-state index in [0.717, 1.165) is 103 Å². The lowest BCUT2D eigenvalue weighted by atomic mass is 9.92. The van der Waals surface area contributed by atoms with E-state index in [0.29, 0.717) is 51.3 Å². The first-order chi connectivity index (χ1) is 40.9. The third-order valence-corrected chi connectivity index (χ3v) is 19.1. The van der Waals surface area contributed by atoms with E-state index < -0.39 is 0 Å². The average Bonchev–Trinajstić information content (AvgIpc) is 1.75. The molecule has 0 unspecified atom stereocenters. The van der Waals surface area contributed by atoms with Crippen molar-refractivity contribution in [3.8, 4) is 34.8 Å². The number of thiol groups is 1. The van der Waals surface area contributed by atoms with Crippen LogP contribution in [0, 0.1) is 11.3 Å². The van der Waals surface area contributed by atoms with Gasteiger partial charge in [-0.1, -0.05) is 59.7 Å². The van der Waals surface area contributed by atoms with Gasteiger partial charge in [0.2, 0.25) is 0 Å². The number of rotatable bonds is 5. The van der Waals surface area contributed by atoms with Gasteiger partial charge in [0.05, 0.1) is 11.6 Å². The van der Waals surface area contributed by atoms with E-state index in [9.17, 15) is 30.8 Å². The van der Waals surface area contributed by atoms with Crippen molar-refractivity contribution in [3.63, 3.8) is 0 Å². The molecule has 0 amide bonds. The van der Waals surface area contributed by atoms with Crippen molar-refractivity contribution in [2.24, 2.45) is 5.11 Å². The Labute approximate surface area is 536 Å². The highest BCUT2D eigenvalue weighted by atomic mass is 35.5. The maximum Gasteiger partial charge on any atom is 0.125 e. The van der Waals surface area contributed by atoms with Crippen molar-refractivity contribution in [3.05, 3.63) is 135 Å². The number of halogens is 4. The van der Waals surface area contributed by atoms with Gasteiger partial charge in [0.1, 0.15) is 28.7 Å². The fraction of sp³-hybridized carbons (Fsp3) is 0.406. The summed E-state index contributed by atoms with van der Waals surface area (Å²) >= 11 is 29.4. The van der Waals surface area contributed by atoms with Gasteiger partial charge in [0, 0.05) is 201 Å². The molecule has 4 aliphatic rings. The molecule has 0 saturated carbocycles. The van der Waals surface area contributed by atoms with Crippen LogP contribution in [0.5, 0.6) is 28.7 Å². The first-order valence-electron chi connectivity index (χ1n) is 29.3. The maximum absolute atomic E-state index is 10.5. The Bertz CT molecular complexity index is 3940. The summed E-state index contributed by atoms with van der Waals surface area (Å²) in [5, 5.41) is 71.6. The summed E-state index contributed by atoms with van der Waals surface area (Å²) < 4.78 is 0.